The molecule has 100 valence electrons. The number of aromatic nitrogens is 1. The lowest BCUT2D eigenvalue weighted by Gasteiger charge is -2.34. The fourth-order valence-corrected chi connectivity index (χ4v) is 2.53. The minimum Gasteiger partial charge on any atom is -0.369 e. The molecule has 0 radical (unpaired) electrons. The average Bonchev–Trinajstić information content (AvgIpc) is 2.90. The van der Waals surface area contributed by atoms with Gasteiger partial charge >= 0.3 is 0 Å². The van der Waals surface area contributed by atoms with Crippen molar-refractivity contribution in [2.45, 2.75) is 20.3 Å². The Hall–Kier alpha value is -1.29. The number of rotatable bonds is 1. The van der Waals surface area contributed by atoms with Crippen molar-refractivity contribution < 1.29 is 0 Å². The van der Waals surface area contributed by atoms with Gasteiger partial charge in [0.05, 0.1) is 0 Å². The molecule has 0 saturated carbocycles. The monoisotopic (exact) mass is 248 g/mol. The molecule has 3 rings (SSSR count). The summed E-state index contributed by atoms with van der Waals surface area (Å²) in [6, 6.07) is 2.16. The zero-order chi connectivity index (χ0) is 13.0. The number of likely N-dealkylation sites (N-methyl/N-ethyl adjacent to an activating group) is 1. The molecule has 0 bridgehead atoms. The first-order valence-corrected chi connectivity index (χ1v) is 7.00. The van der Waals surface area contributed by atoms with Gasteiger partial charge in [-0.2, -0.15) is 0 Å². The number of hydrogen-bond donors (Lipinski definition) is 1. The normalized spacial score (nSPS) is 18.7. The van der Waals surface area contributed by atoms with E-state index in [1.165, 1.54) is 11.3 Å². The van der Waals surface area contributed by atoms with Gasteiger partial charge in [-0.1, -0.05) is 13.8 Å². The molecule has 2 aliphatic heterocycles. The SMILES string of the molecule is CC.CN1CCN(c2ccnc3c2CCN3)CC1. The van der Waals surface area contributed by atoms with Gasteiger partial charge in [0, 0.05) is 50.2 Å². The molecule has 0 atom stereocenters. The first-order valence-electron chi connectivity index (χ1n) is 7.00. The highest BCUT2D eigenvalue weighted by atomic mass is 15.3. The molecule has 1 fully saturated rings. The number of nitrogens with zero attached hydrogens (tertiary/aromatic N) is 3. The van der Waals surface area contributed by atoms with E-state index in [1.54, 1.807) is 0 Å². The van der Waals surface area contributed by atoms with Crippen LogP contribution in [0.4, 0.5) is 11.5 Å². The zero-order valence-corrected chi connectivity index (χ0v) is 11.7. The molecular formula is C14H24N4. The molecule has 0 spiro atoms. The number of anilines is 2. The Morgan fingerprint density at radius 1 is 1.17 bits per heavy atom. The highest BCUT2D eigenvalue weighted by molar-refractivity contribution is 5.65. The lowest BCUT2D eigenvalue weighted by molar-refractivity contribution is 0.312. The summed E-state index contributed by atoms with van der Waals surface area (Å²) < 4.78 is 0. The van der Waals surface area contributed by atoms with E-state index in [2.05, 4.69) is 33.2 Å². The van der Waals surface area contributed by atoms with Crippen molar-refractivity contribution in [3.63, 3.8) is 0 Å². The number of hydrogen-bond acceptors (Lipinski definition) is 4. The fourth-order valence-electron chi connectivity index (χ4n) is 2.53. The van der Waals surface area contributed by atoms with E-state index in [0.717, 1.165) is 45.0 Å². The van der Waals surface area contributed by atoms with Gasteiger partial charge in [0.2, 0.25) is 0 Å². The highest BCUT2D eigenvalue weighted by Gasteiger charge is 2.21. The van der Waals surface area contributed by atoms with Crippen molar-refractivity contribution in [3.8, 4) is 0 Å². The van der Waals surface area contributed by atoms with Gasteiger partial charge in [-0.15, -0.1) is 0 Å². The Kier molecular flexibility index (Phi) is 4.42. The Bertz CT molecular complexity index is 383. The summed E-state index contributed by atoms with van der Waals surface area (Å²) in [5.41, 5.74) is 2.80. The molecule has 0 amide bonds. The average molecular weight is 248 g/mol. The number of piperazine rings is 1. The molecule has 1 N–H and O–H groups in total. The predicted molar refractivity (Wildman–Crippen MR) is 77.5 cm³/mol. The Morgan fingerprint density at radius 3 is 2.61 bits per heavy atom. The fraction of sp³-hybridized carbons (Fsp3) is 0.643. The standard InChI is InChI=1S/C12H18N4.C2H6/c1-15-6-8-16(9-7-15)11-3-5-14-12-10(11)2-4-13-12;1-2/h3,5H,2,4,6-9H2,1H3,(H,13,14);1-2H3. The number of pyridine rings is 1. The Labute approximate surface area is 110 Å². The molecule has 0 unspecified atom stereocenters. The van der Waals surface area contributed by atoms with Gasteiger partial charge in [0.25, 0.3) is 0 Å². The summed E-state index contributed by atoms with van der Waals surface area (Å²) in [4.78, 5) is 9.26. The minimum absolute atomic E-state index is 1.03. The maximum absolute atomic E-state index is 4.38. The van der Waals surface area contributed by atoms with Gasteiger partial charge in [0.1, 0.15) is 5.82 Å². The molecule has 2 aliphatic rings. The van der Waals surface area contributed by atoms with Crippen LogP contribution in [0.25, 0.3) is 0 Å². The van der Waals surface area contributed by atoms with Crippen molar-refractivity contribution in [1.29, 1.82) is 0 Å². The van der Waals surface area contributed by atoms with Crippen LogP contribution in [0.3, 0.4) is 0 Å². The molecule has 4 nitrogen and oxygen atoms in total. The van der Waals surface area contributed by atoms with Crippen LogP contribution in [0.5, 0.6) is 0 Å². The van der Waals surface area contributed by atoms with Crippen LogP contribution >= 0.6 is 0 Å². The van der Waals surface area contributed by atoms with Crippen LogP contribution in [-0.4, -0.2) is 49.7 Å². The summed E-state index contributed by atoms with van der Waals surface area (Å²) in [7, 11) is 2.19. The van der Waals surface area contributed by atoms with Crippen molar-refractivity contribution in [1.82, 2.24) is 9.88 Å². The van der Waals surface area contributed by atoms with Crippen LogP contribution < -0.4 is 10.2 Å². The van der Waals surface area contributed by atoms with Crippen LogP contribution in [0.2, 0.25) is 0 Å². The van der Waals surface area contributed by atoms with E-state index in [-0.39, 0.29) is 0 Å². The highest BCUT2D eigenvalue weighted by Crippen LogP contribution is 2.30. The smallest absolute Gasteiger partial charge is 0.131 e. The van der Waals surface area contributed by atoms with Crippen LogP contribution in [0.1, 0.15) is 19.4 Å². The molecule has 1 aromatic heterocycles. The zero-order valence-electron chi connectivity index (χ0n) is 11.7. The first kappa shape index (κ1) is 13.1. The largest absolute Gasteiger partial charge is 0.369 e. The third-order valence-corrected chi connectivity index (χ3v) is 3.54. The summed E-state index contributed by atoms with van der Waals surface area (Å²) >= 11 is 0. The molecule has 1 aromatic rings. The summed E-state index contributed by atoms with van der Waals surface area (Å²) in [6.45, 7) is 9.61. The van der Waals surface area contributed by atoms with Crippen LogP contribution in [0.15, 0.2) is 12.3 Å². The van der Waals surface area contributed by atoms with Crippen LogP contribution in [0, 0.1) is 0 Å². The van der Waals surface area contributed by atoms with Crippen molar-refractivity contribution >= 4 is 11.5 Å². The number of nitrogens with one attached hydrogen (secondary N) is 1. The van der Waals surface area contributed by atoms with Crippen molar-refractivity contribution in [3.05, 3.63) is 17.8 Å². The van der Waals surface area contributed by atoms with Crippen LogP contribution in [-0.2, 0) is 6.42 Å². The van der Waals surface area contributed by atoms with Gasteiger partial charge in [-0.05, 0) is 19.5 Å². The lowest BCUT2D eigenvalue weighted by Crippen LogP contribution is -2.44. The second-order valence-electron chi connectivity index (χ2n) is 4.62. The third kappa shape index (κ3) is 2.58. The maximum atomic E-state index is 4.38. The first-order chi connectivity index (χ1) is 8.84. The van der Waals surface area contributed by atoms with E-state index < -0.39 is 0 Å². The van der Waals surface area contributed by atoms with E-state index in [9.17, 15) is 0 Å². The third-order valence-electron chi connectivity index (χ3n) is 3.54. The Balaban J connectivity index is 0.000000574. The summed E-state index contributed by atoms with van der Waals surface area (Å²) in [5.74, 6) is 1.09. The Morgan fingerprint density at radius 2 is 1.89 bits per heavy atom. The lowest BCUT2D eigenvalue weighted by atomic mass is 10.1. The number of fused-ring (bicyclic) bond motifs is 1. The quantitative estimate of drug-likeness (QED) is 0.821. The molecule has 1 saturated heterocycles. The van der Waals surface area contributed by atoms with Gasteiger partial charge in [0.15, 0.2) is 0 Å². The molecule has 0 aliphatic carbocycles. The molecule has 3 heterocycles. The molecule has 0 aromatic carbocycles. The molecular weight excluding hydrogens is 224 g/mol. The molecule has 4 heteroatoms. The van der Waals surface area contributed by atoms with E-state index in [1.807, 2.05) is 20.0 Å². The second-order valence-corrected chi connectivity index (χ2v) is 4.62. The minimum atomic E-state index is 1.03. The topological polar surface area (TPSA) is 31.4 Å². The van der Waals surface area contributed by atoms with Crippen molar-refractivity contribution in [2.24, 2.45) is 0 Å². The maximum Gasteiger partial charge on any atom is 0.131 e. The van der Waals surface area contributed by atoms with E-state index in [0.29, 0.717) is 0 Å². The predicted octanol–water partition coefficient (Wildman–Crippen LogP) is 1.83. The van der Waals surface area contributed by atoms with Gasteiger partial charge in [-0.3, -0.25) is 0 Å². The summed E-state index contributed by atoms with van der Waals surface area (Å²) in [6.07, 6.45) is 3.04. The second kappa shape index (κ2) is 6.05. The van der Waals surface area contributed by atoms with Gasteiger partial charge in [-0.25, -0.2) is 4.98 Å². The summed E-state index contributed by atoms with van der Waals surface area (Å²) in [5, 5.41) is 3.34. The van der Waals surface area contributed by atoms with E-state index >= 15 is 0 Å². The van der Waals surface area contributed by atoms with E-state index in [4.69, 9.17) is 0 Å². The van der Waals surface area contributed by atoms with Crippen molar-refractivity contribution in [2.75, 3.05) is 50.0 Å². The molecule has 18 heavy (non-hydrogen) atoms. The van der Waals surface area contributed by atoms with Gasteiger partial charge < -0.3 is 15.1 Å².